The first kappa shape index (κ1) is 17.8. The summed E-state index contributed by atoms with van der Waals surface area (Å²) in [5.41, 5.74) is 1.12. The molecular weight excluding hydrogens is 375 g/mol. The molecule has 29 heavy (non-hydrogen) atoms. The molecule has 3 aromatic rings. The van der Waals surface area contributed by atoms with Gasteiger partial charge in [0.15, 0.2) is 5.75 Å². The molecule has 8 nitrogen and oxygen atoms in total. The Hall–Kier alpha value is -3.23. The largest absolute Gasteiger partial charge is 0.413 e. The summed E-state index contributed by atoms with van der Waals surface area (Å²) in [6, 6.07) is 3.38. The molecule has 3 aromatic heterocycles. The van der Waals surface area contributed by atoms with Gasteiger partial charge in [-0.3, -0.25) is 4.98 Å². The Morgan fingerprint density at radius 1 is 1.34 bits per heavy atom. The highest BCUT2D eigenvalue weighted by Crippen LogP contribution is 2.36. The van der Waals surface area contributed by atoms with Gasteiger partial charge in [0, 0.05) is 24.5 Å². The number of halogens is 1. The monoisotopic (exact) mass is 396 g/mol. The zero-order chi connectivity index (χ0) is 20.0. The van der Waals surface area contributed by atoms with Crippen LogP contribution in [0.4, 0.5) is 15.0 Å². The summed E-state index contributed by atoms with van der Waals surface area (Å²) in [5, 5.41) is 7.07. The summed E-state index contributed by atoms with van der Waals surface area (Å²) >= 11 is 0. The van der Waals surface area contributed by atoms with Gasteiger partial charge in [0.1, 0.15) is 11.6 Å². The number of carbonyl (C=O) groups is 1. The van der Waals surface area contributed by atoms with E-state index in [0.717, 1.165) is 43.6 Å². The van der Waals surface area contributed by atoms with E-state index >= 15 is 0 Å². The topological polar surface area (TPSA) is 84.6 Å². The molecule has 150 valence electrons. The highest BCUT2D eigenvalue weighted by Gasteiger charge is 2.39. The maximum Gasteiger partial charge on any atom is 0.413 e. The van der Waals surface area contributed by atoms with E-state index in [1.54, 1.807) is 16.9 Å². The molecule has 4 heterocycles. The van der Waals surface area contributed by atoms with Crippen molar-refractivity contribution in [1.82, 2.24) is 24.9 Å². The lowest BCUT2D eigenvalue weighted by Crippen LogP contribution is -2.36. The fourth-order valence-corrected chi connectivity index (χ4v) is 3.75. The van der Waals surface area contributed by atoms with Crippen molar-refractivity contribution in [2.45, 2.75) is 44.2 Å². The number of rotatable bonds is 4. The molecule has 0 bridgehead atoms. The fourth-order valence-electron chi connectivity index (χ4n) is 3.75. The summed E-state index contributed by atoms with van der Waals surface area (Å²) in [6.45, 7) is 2.78. The first-order valence-corrected chi connectivity index (χ1v) is 9.72. The molecule has 5 rings (SSSR count). The van der Waals surface area contributed by atoms with Gasteiger partial charge in [0.2, 0.25) is 5.65 Å². The lowest BCUT2D eigenvalue weighted by Gasteiger charge is -2.26. The van der Waals surface area contributed by atoms with Crippen molar-refractivity contribution in [2.24, 2.45) is 0 Å². The molecule has 0 aromatic carbocycles. The molecule has 2 aliphatic rings. The highest BCUT2D eigenvalue weighted by atomic mass is 19.1. The number of ether oxygens (including phenoxy) is 1. The third-order valence-electron chi connectivity index (χ3n) is 5.59. The van der Waals surface area contributed by atoms with Crippen LogP contribution in [0.25, 0.3) is 5.65 Å². The number of carbonyl (C=O) groups excluding carboxylic acids is 1. The Kier molecular flexibility index (Phi) is 4.11. The van der Waals surface area contributed by atoms with E-state index < -0.39 is 6.09 Å². The molecule has 1 aliphatic carbocycles. The molecule has 0 unspecified atom stereocenters. The number of anilines is 1. The Morgan fingerprint density at radius 2 is 2.21 bits per heavy atom. The highest BCUT2D eigenvalue weighted by molar-refractivity contribution is 5.74. The van der Waals surface area contributed by atoms with Gasteiger partial charge in [-0.15, -0.1) is 0 Å². The number of hydrogen-bond acceptors (Lipinski definition) is 6. The van der Waals surface area contributed by atoms with E-state index in [1.165, 1.54) is 18.5 Å². The third kappa shape index (κ3) is 3.48. The maximum atomic E-state index is 13.7. The summed E-state index contributed by atoms with van der Waals surface area (Å²) in [6.07, 6.45) is 9.42. The molecule has 9 heteroatoms. The summed E-state index contributed by atoms with van der Waals surface area (Å²) < 4.78 is 20.7. The average Bonchev–Trinajstić information content (AvgIpc) is 3.09. The van der Waals surface area contributed by atoms with Crippen LogP contribution in [0.15, 0.2) is 36.9 Å². The third-order valence-corrected chi connectivity index (χ3v) is 5.59. The van der Waals surface area contributed by atoms with E-state index in [0.29, 0.717) is 11.4 Å². The molecule has 0 spiro atoms. The van der Waals surface area contributed by atoms with Crippen LogP contribution in [0.1, 0.15) is 44.2 Å². The quantitative estimate of drug-likeness (QED) is 0.729. The molecule has 0 radical (unpaired) electrons. The Morgan fingerprint density at radius 3 is 3.00 bits per heavy atom. The lowest BCUT2D eigenvalue weighted by molar-refractivity contribution is 0.196. The van der Waals surface area contributed by atoms with Gasteiger partial charge in [0.25, 0.3) is 0 Å². The van der Waals surface area contributed by atoms with Crippen LogP contribution in [0.5, 0.6) is 5.75 Å². The second-order valence-electron chi connectivity index (χ2n) is 7.93. The van der Waals surface area contributed by atoms with Crippen LogP contribution < -0.4 is 15.0 Å². The van der Waals surface area contributed by atoms with Crippen LogP contribution in [0, 0.1) is 5.82 Å². The number of pyridine rings is 1. The zero-order valence-corrected chi connectivity index (χ0v) is 16.0. The zero-order valence-electron chi connectivity index (χ0n) is 16.0. The molecule has 1 aliphatic heterocycles. The number of nitrogens with zero attached hydrogens (tertiary/aromatic N) is 5. The van der Waals surface area contributed by atoms with Gasteiger partial charge < -0.3 is 15.0 Å². The minimum Gasteiger partial charge on any atom is -0.405 e. The van der Waals surface area contributed by atoms with E-state index in [9.17, 15) is 9.18 Å². The van der Waals surface area contributed by atoms with Crippen molar-refractivity contribution < 1.29 is 13.9 Å². The minimum atomic E-state index is -0.503. The van der Waals surface area contributed by atoms with E-state index in [-0.39, 0.29) is 17.4 Å². The summed E-state index contributed by atoms with van der Waals surface area (Å²) in [4.78, 5) is 23.0. The Bertz CT molecular complexity index is 1080. The van der Waals surface area contributed by atoms with Gasteiger partial charge >= 0.3 is 6.09 Å². The Balaban J connectivity index is 1.42. The van der Waals surface area contributed by atoms with Gasteiger partial charge in [-0.25, -0.2) is 18.7 Å². The number of nitrogens with one attached hydrogen (secondary N) is 1. The predicted octanol–water partition coefficient (Wildman–Crippen LogP) is 3.25. The lowest BCUT2D eigenvalue weighted by atomic mass is 10.1. The van der Waals surface area contributed by atoms with Crippen LogP contribution >= 0.6 is 0 Å². The molecule has 1 amide bonds. The number of amides is 1. The normalized spacial score (nSPS) is 20.1. The van der Waals surface area contributed by atoms with Gasteiger partial charge in [-0.1, -0.05) is 0 Å². The number of aromatic nitrogens is 4. The van der Waals surface area contributed by atoms with Crippen molar-refractivity contribution in [1.29, 1.82) is 0 Å². The molecule has 1 atom stereocenters. The second kappa shape index (κ2) is 6.68. The minimum absolute atomic E-state index is 0.00134. The van der Waals surface area contributed by atoms with Crippen molar-refractivity contribution >= 4 is 17.6 Å². The smallest absolute Gasteiger partial charge is 0.405 e. The second-order valence-corrected chi connectivity index (χ2v) is 7.93. The molecule has 1 saturated heterocycles. The molecule has 1 saturated carbocycles. The molecular formula is C20H21FN6O2. The molecule has 1 N–H and O–H groups in total. The summed E-state index contributed by atoms with van der Waals surface area (Å²) in [7, 11) is 0. The van der Waals surface area contributed by atoms with Crippen LogP contribution in [-0.4, -0.2) is 37.8 Å². The maximum absolute atomic E-state index is 13.7. The first-order valence-electron chi connectivity index (χ1n) is 9.72. The van der Waals surface area contributed by atoms with Crippen LogP contribution in [0.3, 0.4) is 0 Å². The fraction of sp³-hybridized carbons (Fsp3) is 0.400. The van der Waals surface area contributed by atoms with E-state index in [1.807, 2.05) is 13.0 Å². The van der Waals surface area contributed by atoms with Crippen LogP contribution in [0.2, 0.25) is 0 Å². The van der Waals surface area contributed by atoms with Gasteiger partial charge in [-0.2, -0.15) is 5.10 Å². The van der Waals surface area contributed by atoms with Crippen molar-refractivity contribution in [3.05, 3.63) is 48.3 Å². The SMILES string of the molecule is CC1(NC(=O)Oc2cnn3ccc(N4CCC[C@@H]4c4cncc(F)c4)nc23)CC1. The number of hydrogen-bond donors (Lipinski definition) is 1. The van der Waals surface area contributed by atoms with E-state index in [2.05, 4.69) is 25.3 Å². The standard InChI is InChI=1S/C20H21FN6O2/c1-20(5-6-20)25-19(28)29-16-12-23-27-8-4-17(24-18(16)27)26-7-2-3-15(26)13-9-14(21)11-22-10-13/h4,8-12,15H,2-3,5-7H2,1H3,(H,25,28)/t15-/m1/s1. The molecule has 2 fully saturated rings. The van der Waals surface area contributed by atoms with Crippen molar-refractivity contribution in [3.63, 3.8) is 0 Å². The van der Waals surface area contributed by atoms with Crippen LogP contribution in [-0.2, 0) is 0 Å². The summed E-state index contributed by atoms with van der Waals surface area (Å²) in [5.74, 6) is 0.681. The first-order chi connectivity index (χ1) is 14.0. The number of fused-ring (bicyclic) bond motifs is 1. The average molecular weight is 396 g/mol. The van der Waals surface area contributed by atoms with Crippen molar-refractivity contribution in [2.75, 3.05) is 11.4 Å². The van der Waals surface area contributed by atoms with Crippen molar-refractivity contribution in [3.8, 4) is 5.75 Å². The predicted molar refractivity (Wildman–Crippen MR) is 103 cm³/mol. The van der Waals surface area contributed by atoms with E-state index in [4.69, 9.17) is 4.74 Å². The van der Waals surface area contributed by atoms with Gasteiger partial charge in [-0.05, 0) is 50.3 Å². The Labute approximate surface area is 166 Å². The van der Waals surface area contributed by atoms with Gasteiger partial charge in [0.05, 0.1) is 18.4 Å².